The van der Waals surface area contributed by atoms with Crippen molar-refractivity contribution in [3.8, 4) is 0 Å². The molecular weight excluding hydrogens is 114 g/mol. The van der Waals surface area contributed by atoms with Gasteiger partial charge in [0.15, 0.2) is 0 Å². The fourth-order valence-corrected chi connectivity index (χ4v) is 0.385. The van der Waals surface area contributed by atoms with Gasteiger partial charge in [0.25, 0.3) is 0 Å². The molecule has 9 heavy (non-hydrogen) atoms. The fourth-order valence-electron chi connectivity index (χ4n) is 0.385. The lowest BCUT2D eigenvalue weighted by molar-refractivity contribution is 1.03. The number of allylic oxidation sites excluding steroid dienone is 1. The Morgan fingerprint density at radius 1 is 1.78 bits per heavy atom. The highest BCUT2D eigenvalue weighted by Crippen LogP contribution is 1.76. The number of amidine groups is 1. The smallest absolute Gasteiger partial charge is 0.139 e. The van der Waals surface area contributed by atoms with Crippen LogP contribution in [0.3, 0.4) is 0 Å². The van der Waals surface area contributed by atoms with E-state index in [2.05, 4.69) is 17.0 Å². The maximum absolute atomic E-state index is 5.07. The third-order valence-corrected chi connectivity index (χ3v) is 0.703. The summed E-state index contributed by atoms with van der Waals surface area (Å²) >= 11 is 0. The van der Waals surface area contributed by atoms with Gasteiger partial charge in [-0.2, -0.15) is 0 Å². The van der Waals surface area contributed by atoms with Crippen molar-refractivity contribution in [2.75, 3.05) is 0 Å². The lowest BCUT2D eigenvalue weighted by Crippen LogP contribution is -2.28. The Bertz CT molecular complexity index is 135. The quantitative estimate of drug-likeness (QED) is 0.245. The molecule has 0 amide bonds. The van der Waals surface area contributed by atoms with Crippen LogP contribution in [0, 0.1) is 0 Å². The SMILES string of the molecule is C=CN=C(/C=C\C)NN. The number of nitrogens with two attached hydrogens (primary N) is 1. The Morgan fingerprint density at radius 2 is 2.44 bits per heavy atom. The topological polar surface area (TPSA) is 50.4 Å². The van der Waals surface area contributed by atoms with Crippen molar-refractivity contribution >= 4 is 5.84 Å². The Balaban J connectivity index is 3.96. The molecule has 0 rings (SSSR count). The summed E-state index contributed by atoms with van der Waals surface area (Å²) < 4.78 is 0. The number of hydrazine groups is 1. The highest BCUT2D eigenvalue weighted by Gasteiger charge is 1.81. The minimum atomic E-state index is 0.604. The van der Waals surface area contributed by atoms with Gasteiger partial charge in [0.05, 0.1) is 0 Å². The van der Waals surface area contributed by atoms with E-state index in [0.29, 0.717) is 5.84 Å². The van der Waals surface area contributed by atoms with Gasteiger partial charge in [0.2, 0.25) is 0 Å². The number of nitrogens with one attached hydrogen (secondary N) is 1. The molecule has 0 atom stereocenters. The molecule has 0 heterocycles. The van der Waals surface area contributed by atoms with Crippen molar-refractivity contribution in [3.63, 3.8) is 0 Å². The van der Waals surface area contributed by atoms with Crippen LogP contribution < -0.4 is 11.3 Å². The van der Waals surface area contributed by atoms with Crippen LogP contribution in [0.5, 0.6) is 0 Å². The molecule has 0 spiro atoms. The second kappa shape index (κ2) is 5.05. The van der Waals surface area contributed by atoms with Crippen LogP contribution >= 0.6 is 0 Å². The van der Waals surface area contributed by atoms with Gasteiger partial charge < -0.3 is 5.43 Å². The molecule has 3 heteroatoms. The number of hydrogen-bond donors (Lipinski definition) is 2. The molecule has 0 fully saturated rings. The molecule has 0 aromatic heterocycles. The summed E-state index contributed by atoms with van der Waals surface area (Å²) in [7, 11) is 0. The zero-order valence-electron chi connectivity index (χ0n) is 5.46. The zero-order chi connectivity index (χ0) is 7.11. The molecule has 0 bridgehead atoms. The molecule has 50 valence electrons. The van der Waals surface area contributed by atoms with Crippen LogP contribution in [0.4, 0.5) is 0 Å². The van der Waals surface area contributed by atoms with Crippen molar-refractivity contribution in [2.45, 2.75) is 6.92 Å². The first kappa shape index (κ1) is 7.91. The molecule has 3 nitrogen and oxygen atoms in total. The van der Waals surface area contributed by atoms with Gasteiger partial charge in [-0.25, -0.2) is 10.8 Å². The van der Waals surface area contributed by atoms with Crippen molar-refractivity contribution in [3.05, 3.63) is 24.9 Å². The second-order valence-corrected chi connectivity index (χ2v) is 1.34. The maximum atomic E-state index is 5.07. The van der Waals surface area contributed by atoms with E-state index in [4.69, 9.17) is 5.84 Å². The minimum Gasteiger partial charge on any atom is -0.308 e. The van der Waals surface area contributed by atoms with E-state index in [1.807, 2.05) is 13.0 Å². The Kier molecular flexibility index (Phi) is 4.44. The third kappa shape index (κ3) is 3.49. The van der Waals surface area contributed by atoms with Crippen molar-refractivity contribution in [1.82, 2.24) is 5.43 Å². The van der Waals surface area contributed by atoms with Crippen LogP contribution in [-0.2, 0) is 0 Å². The number of aliphatic imine (C=N–C) groups is 1. The summed E-state index contributed by atoms with van der Waals surface area (Å²) in [6, 6.07) is 0. The Labute approximate surface area is 54.9 Å². The minimum absolute atomic E-state index is 0.604. The lowest BCUT2D eigenvalue weighted by Gasteiger charge is -1.93. The van der Waals surface area contributed by atoms with Crippen molar-refractivity contribution in [1.29, 1.82) is 0 Å². The summed E-state index contributed by atoms with van der Waals surface area (Å²) in [5, 5.41) is 0. The molecular formula is C6H11N3. The van der Waals surface area contributed by atoms with E-state index < -0.39 is 0 Å². The Hall–Kier alpha value is -1.09. The molecule has 0 aromatic carbocycles. The van der Waals surface area contributed by atoms with Gasteiger partial charge in [-0.1, -0.05) is 12.7 Å². The normalized spacial score (nSPS) is 12.0. The summed E-state index contributed by atoms with van der Waals surface area (Å²) in [5.74, 6) is 5.67. The molecule has 0 unspecified atom stereocenters. The average Bonchev–Trinajstić information content (AvgIpc) is 1.88. The van der Waals surface area contributed by atoms with E-state index in [1.54, 1.807) is 6.08 Å². The molecule has 3 N–H and O–H groups in total. The summed E-state index contributed by atoms with van der Waals surface area (Å²) in [6.45, 7) is 5.30. The molecule has 0 saturated heterocycles. The van der Waals surface area contributed by atoms with Gasteiger partial charge in [-0.05, 0) is 13.0 Å². The van der Waals surface area contributed by atoms with E-state index in [9.17, 15) is 0 Å². The highest BCUT2D eigenvalue weighted by atomic mass is 15.2. The molecule has 0 aromatic rings. The summed E-state index contributed by atoms with van der Waals surface area (Å²) in [6.07, 6.45) is 5.01. The third-order valence-electron chi connectivity index (χ3n) is 0.703. The van der Waals surface area contributed by atoms with Gasteiger partial charge in [0, 0.05) is 6.20 Å². The van der Waals surface area contributed by atoms with E-state index in [1.165, 1.54) is 6.20 Å². The van der Waals surface area contributed by atoms with Crippen LogP contribution in [0.15, 0.2) is 29.9 Å². The van der Waals surface area contributed by atoms with Gasteiger partial charge in [-0.3, -0.25) is 0 Å². The number of rotatable bonds is 2. The van der Waals surface area contributed by atoms with Gasteiger partial charge >= 0.3 is 0 Å². The van der Waals surface area contributed by atoms with Gasteiger partial charge in [-0.15, -0.1) is 0 Å². The summed E-state index contributed by atoms with van der Waals surface area (Å²) in [4.78, 5) is 3.79. The van der Waals surface area contributed by atoms with Crippen LogP contribution in [0.25, 0.3) is 0 Å². The standard InChI is InChI=1S/C6H11N3/c1-3-5-6(9-7)8-4-2/h3-5H,2,7H2,1H3,(H,8,9)/b5-3-. The first-order valence-corrected chi connectivity index (χ1v) is 2.63. The molecule has 0 radical (unpaired) electrons. The number of nitrogens with zero attached hydrogens (tertiary/aromatic N) is 1. The fraction of sp³-hybridized carbons (Fsp3) is 0.167. The van der Waals surface area contributed by atoms with E-state index in [0.717, 1.165) is 0 Å². The van der Waals surface area contributed by atoms with Crippen molar-refractivity contribution < 1.29 is 0 Å². The van der Waals surface area contributed by atoms with Crippen LogP contribution in [0.2, 0.25) is 0 Å². The number of hydrogen-bond acceptors (Lipinski definition) is 2. The average molecular weight is 125 g/mol. The first-order valence-electron chi connectivity index (χ1n) is 2.63. The molecule has 0 saturated carbocycles. The van der Waals surface area contributed by atoms with E-state index >= 15 is 0 Å². The molecule has 0 aliphatic heterocycles. The Morgan fingerprint density at radius 3 is 2.78 bits per heavy atom. The zero-order valence-corrected chi connectivity index (χ0v) is 5.46. The van der Waals surface area contributed by atoms with Crippen LogP contribution in [-0.4, -0.2) is 5.84 Å². The van der Waals surface area contributed by atoms with E-state index in [-0.39, 0.29) is 0 Å². The predicted octanol–water partition coefficient (Wildman–Crippen LogP) is 0.568. The van der Waals surface area contributed by atoms with Crippen molar-refractivity contribution in [2.24, 2.45) is 10.8 Å². The first-order chi connectivity index (χ1) is 4.35. The largest absolute Gasteiger partial charge is 0.308 e. The lowest BCUT2D eigenvalue weighted by atomic mass is 10.5. The summed E-state index contributed by atoms with van der Waals surface area (Å²) in [5.41, 5.74) is 2.40. The monoisotopic (exact) mass is 125 g/mol. The molecule has 0 aliphatic rings. The van der Waals surface area contributed by atoms with Crippen LogP contribution in [0.1, 0.15) is 6.92 Å². The molecule has 0 aliphatic carbocycles. The highest BCUT2D eigenvalue weighted by molar-refractivity contribution is 5.92. The van der Waals surface area contributed by atoms with Gasteiger partial charge in [0.1, 0.15) is 5.84 Å². The maximum Gasteiger partial charge on any atom is 0.139 e. The second-order valence-electron chi connectivity index (χ2n) is 1.34. The predicted molar refractivity (Wildman–Crippen MR) is 39.8 cm³/mol.